The van der Waals surface area contributed by atoms with E-state index in [4.69, 9.17) is 9.63 Å². The molecular weight excluding hydrogens is 265 g/mol. The number of carbonyl (C=O) groups excluding carboxylic acids is 1. The van der Waals surface area contributed by atoms with Gasteiger partial charge in [0.25, 0.3) is 0 Å². The Morgan fingerprint density at radius 1 is 1.37 bits per heavy atom. The molecule has 0 spiro atoms. The van der Waals surface area contributed by atoms with Crippen molar-refractivity contribution < 1.29 is 19.0 Å². The molecule has 19 heavy (non-hydrogen) atoms. The smallest absolute Gasteiger partial charge is 0.342 e. The average Bonchev–Trinajstić information content (AvgIpc) is 2.42. The van der Waals surface area contributed by atoms with Crippen molar-refractivity contribution in [3.63, 3.8) is 0 Å². The SMILES string of the molecule is CC.CC(=O)C(C)NP(=O)(CO)Oc1ccccc1. The van der Waals surface area contributed by atoms with E-state index in [1.807, 2.05) is 13.8 Å². The average molecular weight is 287 g/mol. The maximum Gasteiger partial charge on any atom is 0.342 e. The molecule has 1 aromatic carbocycles. The van der Waals surface area contributed by atoms with Crippen molar-refractivity contribution in [1.29, 1.82) is 0 Å². The molecule has 0 aliphatic carbocycles. The lowest BCUT2D eigenvalue weighted by atomic mass is 10.3. The Bertz CT molecular complexity index is 422. The number of rotatable bonds is 6. The highest BCUT2D eigenvalue weighted by Gasteiger charge is 2.27. The predicted molar refractivity (Wildman–Crippen MR) is 76.4 cm³/mol. The Hall–Kier alpha value is -1.16. The summed E-state index contributed by atoms with van der Waals surface area (Å²) in [6, 6.07) is 7.88. The molecule has 2 unspecified atom stereocenters. The van der Waals surface area contributed by atoms with Crippen molar-refractivity contribution in [2.75, 3.05) is 6.35 Å². The third-order valence-electron chi connectivity index (χ3n) is 2.18. The first kappa shape index (κ1) is 17.8. The number of hydrogen-bond donors (Lipinski definition) is 2. The second kappa shape index (κ2) is 8.86. The predicted octanol–water partition coefficient (Wildman–Crippen LogP) is 2.80. The molecule has 0 bridgehead atoms. The molecule has 108 valence electrons. The van der Waals surface area contributed by atoms with Gasteiger partial charge >= 0.3 is 7.52 Å². The lowest BCUT2D eigenvalue weighted by Gasteiger charge is -2.21. The molecule has 0 aromatic heterocycles. The van der Waals surface area contributed by atoms with Gasteiger partial charge in [0.1, 0.15) is 17.9 Å². The summed E-state index contributed by atoms with van der Waals surface area (Å²) in [5, 5.41) is 11.6. The van der Waals surface area contributed by atoms with Gasteiger partial charge in [0.05, 0.1) is 6.04 Å². The van der Waals surface area contributed by atoms with Crippen LogP contribution in [-0.4, -0.2) is 23.3 Å². The van der Waals surface area contributed by atoms with Crippen LogP contribution in [0.3, 0.4) is 0 Å². The van der Waals surface area contributed by atoms with Crippen LogP contribution in [-0.2, 0) is 9.36 Å². The zero-order valence-corrected chi connectivity index (χ0v) is 12.7. The van der Waals surface area contributed by atoms with E-state index in [0.717, 1.165) is 0 Å². The standard InChI is InChI=1S/C11H16NO4P.C2H6/c1-9(10(2)14)12-17(15,8-13)16-11-6-4-3-5-7-11;1-2/h3-7,9,13H,8H2,1-2H3,(H,12,15);1-2H3. The summed E-state index contributed by atoms with van der Waals surface area (Å²) >= 11 is 0. The van der Waals surface area contributed by atoms with Gasteiger partial charge in [-0.3, -0.25) is 9.36 Å². The van der Waals surface area contributed by atoms with Crippen LogP contribution < -0.4 is 9.61 Å². The lowest BCUT2D eigenvalue weighted by Crippen LogP contribution is -2.32. The molecular formula is C13H22NO4P. The molecule has 0 aliphatic rings. The van der Waals surface area contributed by atoms with Gasteiger partial charge in [0.2, 0.25) is 0 Å². The zero-order valence-electron chi connectivity index (χ0n) is 11.8. The Kier molecular flexibility index (Phi) is 8.32. The fraction of sp³-hybridized carbons (Fsp3) is 0.462. The normalized spacial score (nSPS) is 14.6. The number of nitrogens with one attached hydrogen (secondary N) is 1. The Morgan fingerprint density at radius 3 is 2.32 bits per heavy atom. The van der Waals surface area contributed by atoms with E-state index < -0.39 is 19.9 Å². The molecule has 6 heteroatoms. The van der Waals surface area contributed by atoms with Gasteiger partial charge in [-0.15, -0.1) is 0 Å². The van der Waals surface area contributed by atoms with Gasteiger partial charge in [-0.05, 0) is 26.0 Å². The molecule has 2 atom stereocenters. The van der Waals surface area contributed by atoms with Crippen LogP contribution in [0, 0.1) is 0 Å². The maximum atomic E-state index is 12.1. The highest BCUT2D eigenvalue weighted by molar-refractivity contribution is 7.57. The lowest BCUT2D eigenvalue weighted by molar-refractivity contribution is -0.118. The van der Waals surface area contributed by atoms with E-state index in [0.29, 0.717) is 5.75 Å². The summed E-state index contributed by atoms with van der Waals surface area (Å²) < 4.78 is 17.3. The summed E-state index contributed by atoms with van der Waals surface area (Å²) in [5.74, 6) is 0.212. The topological polar surface area (TPSA) is 75.6 Å². The van der Waals surface area contributed by atoms with E-state index in [1.54, 1.807) is 37.3 Å². The minimum atomic E-state index is -3.45. The maximum absolute atomic E-state index is 12.1. The van der Waals surface area contributed by atoms with E-state index >= 15 is 0 Å². The van der Waals surface area contributed by atoms with Crippen LogP contribution in [0.2, 0.25) is 0 Å². The zero-order chi connectivity index (χ0) is 14.9. The Morgan fingerprint density at radius 2 is 1.89 bits per heavy atom. The highest BCUT2D eigenvalue weighted by atomic mass is 31.2. The molecule has 0 saturated heterocycles. The van der Waals surface area contributed by atoms with E-state index in [2.05, 4.69) is 5.09 Å². The summed E-state index contributed by atoms with van der Waals surface area (Å²) in [6.07, 6.45) is -0.667. The molecule has 0 heterocycles. The first-order chi connectivity index (χ1) is 8.97. The van der Waals surface area contributed by atoms with Crippen molar-refractivity contribution in [2.24, 2.45) is 0 Å². The monoisotopic (exact) mass is 287 g/mol. The largest absolute Gasteiger partial charge is 0.431 e. The van der Waals surface area contributed by atoms with Crippen molar-refractivity contribution in [3.8, 4) is 5.75 Å². The molecule has 5 nitrogen and oxygen atoms in total. The molecule has 2 N–H and O–H groups in total. The number of para-hydroxylation sites is 1. The van der Waals surface area contributed by atoms with E-state index in [1.165, 1.54) is 6.92 Å². The Balaban J connectivity index is 0.00000154. The van der Waals surface area contributed by atoms with Gasteiger partial charge in [0, 0.05) is 0 Å². The van der Waals surface area contributed by atoms with E-state index in [-0.39, 0.29) is 5.78 Å². The van der Waals surface area contributed by atoms with Crippen molar-refractivity contribution in [3.05, 3.63) is 30.3 Å². The first-order valence-corrected chi connectivity index (χ1v) is 8.00. The summed E-state index contributed by atoms with van der Waals surface area (Å²) in [6.45, 7) is 6.95. The van der Waals surface area contributed by atoms with Crippen LogP contribution in [0.25, 0.3) is 0 Å². The molecule has 1 rings (SSSR count). The van der Waals surface area contributed by atoms with Crippen molar-refractivity contribution in [2.45, 2.75) is 33.7 Å². The van der Waals surface area contributed by atoms with Gasteiger partial charge < -0.3 is 9.63 Å². The number of ketones is 1. The number of carbonyl (C=O) groups is 1. The number of aliphatic hydroxyl groups is 1. The molecule has 1 aromatic rings. The molecule has 0 amide bonds. The Labute approximate surface area is 114 Å². The molecule has 0 radical (unpaired) electrons. The summed E-state index contributed by atoms with van der Waals surface area (Å²) in [5.41, 5.74) is 0. The summed E-state index contributed by atoms with van der Waals surface area (Å²) in [4.78, 5) is 11.1. The fourth-order valence-corrected chi connectivity index (χ4v) is 2.56. The van der Waals surface area contributed by atoms with Crippen LogP contribution in [0.1, 0.15) is 27.7 Å². The van der Waals surface area contributed by atoms with Gasteiger partial charge in [-0.25, -0.2) is 5.09 Å². The van der Waals surface area contributed by atoms with Gasteiger partial charge in [0.15, 0.2) is 0 Å². The minimum Gasteiger partial charge on any atom is -0.431 e. The number of aliphatic hydroxyl groups excluding tert-OH is 1. The highest BCUT2D eigenvalue weighted by Crippen LogP contribution is 2.42. The van der Waals surface area contributed by atoms with Crippen LogP contribution >= 0.6 is 7.52 Å². The number of benzene rings is 1. The number of Topliss-reactive ketones (excluding diaryl/α,β-unsaturated/α-hetero) is 1. The van der Waals surface area contributed by atoms with Crippen LogP contribution in [0.4, 0.5) is 0 Å². The van der Waals surface area contributed by atoms with E-state index in [9.17, 15) is 9.36 Å². The van der Waals surface area contributed by atoms with Gasteiger partial charge in [-0.2, -0.15) is 0 Å². The quantitative estimate of drug-likeness (QED) is 0.787. The first-order valence-electron chi connectivity index (χ1n) is 6.19. The van der Waals surface area contributed by atoms with Crippen LogP contribution in [0.15, 0.2) is 30.3 Å². The summed E-state index contributed by atoms with van der Waals surface area (Å²) in [7, 11) is -3.45. The molecule has 0 saturated carbocycles. The second-order valence-electron chi connectivity index (χ2n) is 3.68. The molecule has 0 aliphatic heterocycles. The second-order valence-corrected chi connectivity index (χ2v) is 5.75. The third kappa shape index (κ3) is 6.53. The fourth-order valence-electron chi connectivity index (χ4n) is 1.13. The van der Waals surface area contributed by atoms with Crippen molar-refractivity contribution >= 4 is 13.3 Å². The number of hydrogen-bond acceptors (Lipinski definition) is 4. The van der Waals surface area contributed by atoms with Gasteiger partial charge in [-0.1, -0.05) is 32.0 Å². The third-order valence-corrected chi connectivity index (χ3v) is 3.84. The molecule has 0 fully saturated rings. The van der Waals surface area contributed by atoms with Crippen molar-refractivity contribution in [1.82, 2.24) is 5.09 Å². The van der Waals surface area contributed by atoms with Crippen LogP contribution in [0.5, 0.6) is 5.75 Å². The minimum absolute atomic E-state index is 0.171.